The Hall–Kier alpha value is -2.49. The first-order valence-electron chi connectivity index (χ1n) is 7.38. The van der Waals surface area contributed by atoms with Crippen LogP contribution < -0.4 is 10.5 Å². The van der Waals surface area contributed by atoms with Crippen molar-refractivity contribution in [1.82, 2.24) is 14.3 Å². The van der Waals surface area contributed by atoms with Crippen molar-refractivity contribution in [3.05, 3.63) is 58.0 Å². The molecule has 2 aromatic heterocycles. The van der Waals surface area contributed by atoms with Crippen molar-refractivity contribution in [1.29, 1.82) is 0 Å². The van der Waals surface area contributed by atoms with Gasteiger partial charge in [0, 0.05) is 13.1 Å². The predicted molar refractivity (Wildman–Crippen MR) is 95.1 cm³/mol. The summed E-state index contributed by atoms with van der Waals surface area (Å²) in [5.74, 6) is -0.535. The third kappa shape index (κ3) is 2.86. The second-order valence-corrected chi connectivity index (χ2v) is 8.34. The fraction of sp³-hybridized carbons (Fsp3) is 0.125. The van der Waals surface area contributed by atoms with Gasteiger partial charge in [0.1, 0.15) is 5.01 Å². The maximum absolute atomic E-state index is 12.5. The van der Waals surface area contributed by atoms with Crippen LogP contribution in [0.4, 0.5) is 0 Å². The molecule has 25 heavy (non-hydrogen) atoms. The summed E-state index contributed by atoms with van der Waals surface area (Å²) in [4.78, 5) is 16.0. The molecule has 0 aliphatic rings. The first-order chi connectivity index (χ1) is 11.9. The van der Waals surface area contributed by atoms with Crippen LogP contribution in [-0.2, 0) is 23.6 Å². The standard InChI is InChI=1S/C16H13N3O4S2/c1-19-12-7-6-10(8-13(12)23-16(19)20)25(21,22)17-9-15-18-11-4-2-3-5-14(11)24-15/h2-8,17H,9H2,1H3. The zero-order chi connectivity index (χ0) is 17.6. The number of nitrogens with one attached hydrogen (secondary N) is 1. The molecule has 0 amide bonds. The third-order valence-electron chi connectivity index (χ3n) is 3.83. The van der Waals surface area contributed by atoms with E-state index in [0.29, 0.717) is 10.5 Å². The molecule has 1 N–H and O–H groups in total. The quantitative estimate of drug-likeness (QED) is 0.590. The Labute approximate surface area is 146 Å². The summed E-state index contributed by atoms with van der Waals surface area (Å²) < 4.78 is 34.9. The van der Waals surface area contributed by atoms with Crippen molar-refractivity contribution in [3.8, 4) is 0 Å². The number of benzene rings is 2. The monoisotopic (exact) mass is 375 g/mol. The predicted octanol–water partition coefficient (Wildman–Crippen LogP) is 2.22. The highest BCUT2D eigenvalue weighted by atomic mass is 32.2. The minimum atomic E-state index is -3.75. The number of thiazole rings is 1. The van der Waals surface area contributed by atoms with E-state index >= 15 is 0 Å². The number of aryl methyl sites for hydroxylation is 1. The van der Waals surface area contributed by atoms with Crippen LogP contribution in [0, 0.1) is 0 Å². The van der Waals surface area contributed by atoms with Crippen LogP contribution in [0.25, 0.3) is 21.3 Å². The second kappa shape index (κ2) is 5.80. The summed E-state index contributed by atoms with van der Waals surface area (Å²) in [7, 11) is -2.18. The summed E-state index contributed by atoms with van der Waals surface area (Å²) in [6.07, 6.45) is 0. The van der Waals surface area contributed by atoms with E-state index in [1.807, 2.05) is 24.3 Å². The van der Waals surface area contributed by atoms with Gasteiger partial charge in [-0.3, -0.25) is 4.57 Å². The lowest BCUT2D eigenvalue weighted by molar-refractivity contribution is 0.527. The van der Waals surface area contributed by atoms with Gasteiger partial charge in [-0.2, -0.15) is 0 Å². The highest BCUT2D eigenvalue weighted by Crippen LogP contribution is 2.22. The van der Waals surface area contributed by atoms with Crippen LogP contribution in [-0.4, -0.2) is 18.0 Å². The molecule has 4 aromatic rings. The van der Waals surface area contributed by atoms with E-state index in [1.54, 1.807) is 13.1 Å². The Morgan fingerprint density at radius 3 is 2.84 bits per heavy atom. The number of para-hydroxylation sites is 1. The molecule has 0 atom stereocenters. The van der Waals surface area contributed by atoms with Crippen LogP contribution >= 0.6 is 11.3 Å². The van der Waals surface area contributed by atoms with E-state index in [-0.39, 0.29) is 17.0 Å². The highest BCUT2D eigenvalue weighted by Gasteiger charge is 2.17. The number of fused-ring (bicyclic) bond motifs is 2. The van der Waals surface area contributed by atoms with Crippen molar-refractivity contribution in [2.45, 2.75) is 11.4 Å². The van der Waals surface area contributed by atoms with Crippen molar-refractivity contribution in [2.24, 2.45) is 7.05 Å². The van der Waals surface area contributed by atoms with E-state index in [0.717, 1.165) is 10.2 Å². The summed E-state index contributed by atoms with van der Waals surface area (Å²) in [6, 6.07) is 12.0. The van der Waals surface area contributed by atoms with E-state index in [1.165, 1.54) is 28.0 Å². The number of rotatable bonds is 4. The van der Waals surface area contributed by atoms with Crippen LogP contribution in [0.2, 0.25) is 0 Å². The third-order valence-corrected chi connectivity index (χ3v) is 6.26. The topological polar surface area (TPSA) is 94.2 Å². The Morgan fingerprint density at radius 2 is 2.04 bits per heavy atom. The summed E-state index contributed by atoms with van der Waals surface area (Å²) >= 11 is 1.44. The summed E-state index contributed by atoms with van der Waals surface area (Å²) in [5.41, 5.74) is 1.61. The molecule has 0 aliphatic carbocycles. The summed E-state index contributed by atoms with van der Waals surface area (Å²) in [6.45, 7) is 0.0957. The molecule has 7 nitrogen and oxygen atoms in total. The van der Waals surface area contributed by atoms with E-state index < -0.39 is 15.8 Å². The molecule has 2 heterocycles. The number of hydrogen-bond acceptors (Lipinski definition) is 6. The molecule has 0 bridgehead atoms. The Bertz CT molecular complexity index is 1220. The molecule has 0 aliphatic heterocycles. The van der Waals surface area contributed by atoms with Crippen molar-refractivity contribution in [3.63, 3.8) is 0 Å². The van der Waals surface area contributed by atoms with Crippen LogP contribution in [0.5, 0.6) is 0 Å². The van der Waals surface area contributed by atoms with Gasteiger partial charge in [-0.15, -0.1) is 11.3 Å². The largest absolute Gasteiger partial charge is 0.419 e. The minimum absolute atomic E-state index is 0.0375. The minimum Gasteiger partial charge on any atom is -0.408 e. The van der Waals surface area contributed by atoms with Crippen LogP contribution in [0.3, 0.4) is 0 Å². The van der Waals surface area contributed by atoms with Crippen LogP contribution in [0.15, 0.2) is 56.6 Å². The smallest absolute Gasteiger partial charge is 0.408 e. The van der Waals surface area contributed by atoms with Gasteiger partial charge in [-0.05, 0) is 24.3 Å². The molecular weight excluding hydrogens is 362 g/mol. The van der Waals surface area contributed by atoms with Gasteiger partial charge < -0.3 is 4.42 Å². The molecule has 0 saturated carbocycles. The highest BCUT2D eigenvalue weighted by molar-refractivity contribution is 7.89. The lowest BCUT2D eigenvalue weighted by atomic mass is 10.3. The normalized spacial score (nSPS) is 12.2. The summed E-state index contributed by atoms with van der Waals surface area (Å²) in [5, 5.41) is 0.678. The lowest BCUT2D eigenvalue weighted by Gasteiger charge is -2.05. The van der Waals surface area contributed by atoms with E-state index in [2.05, 4.69) is 9.71 Å². The first-order valence-corrected chi connectivity index (χ1v) is 9.68. The SMILES string of the molecule is Cn1c(=O)oc2cc(S(=O)(=O)NCc3nc4ccccc4s3)ccc21. The average molecular weight is 375 g/mol. The fourth-order valence-electron chi connectivity index (χ4n) is 2.52. The number of sulfonamides is 1. The number of nitrogens with zero attached hydrogens (tertiary/aromatic N) is 2. The van der Waals surface area contributed by atoms with Gasteiger partial charge in [0.15, 0.2) is 5.58 Å². The van der Waals surface area contributed by atoms with Gasteiger partial charge in [0.25, 0.3) is 0 Å². The molecule has 0 fully saturated rings. The van der Waals surface area contributed by atoms with Crippen molar-refractivity contribution in [2.75, 3.05) is 0 Å². The van der Waals surface area contributed by atoms with E-state index in [9.17, 15) is 13.2 Å². The maximum atomic E-state index is 12.5. The van der Waals surface area contributed by atoms with Gasteiger partial charge >= 0.3 is 5.76 Å². The second-order valence-electron chi connectivity index (χ2n) is 5.46. The first kappa shape index (κ1) is 16.0. The Kier molecular flexibility index (Phi) is 3.71. The zero-order valence-electron chi connectivity index (χ0n) is 13.1. The van der Waals surface area contributed by atoms with Crippen molar-refractivity contribution >= 4 is 42.7 Å². The van der Waals surface area contributed by atoms with Gasteiger partial charge in [0.05, 0.1) is 27.2 Å². The number of hydrogen-bond donors (Lipinski definition) is 1. The van der Waals surface area contributed by atoms with Crippen molar-refractivity contribution < 1.29 is 12.8 Å². The molecule has 2 aromatic carbocycles. The maximum Gasteiger partial charge on any atom is 0.419 e. The zero-order valence-corrected chi connectivity index (χ0v) is 14.7. The number of oxazole rings is 1. The van der Waals surface area contributed by atoms with Gasteiger partial charge in [-0.1, -0.05) is 12.1 Å². The van der Waals surface area contributed by atoms with E-state index in [4.69, 9.17) is 4.42 Å². The molecule has 0 unspecified atom stereocenters. The van der Waals surface area contributed by atoms with Gasteiger partial charge in [0.2, 0.25) is 10.0 Å². The molecular formula is C16H13N3O4S2. The fourth-order valence-corrected chi connectivity index (χ4v) is 4.52. The molecule has 9 heteroatoms. The van der Waals surface area contributed by atoms with Crippen LogP contribution in [0.1, 0.15) is 5.01 Å². The molecule has 128 valence electrons. The molecule has 4 rings (SSSR count). The average Bonchev–Trinajstić information content (AvgIpc) is 3.14. The van der Waals surface area contributed by atoms with Gasteiger partial charge in [-0.25, -0.2) is 22.9 Å². The lowest BCUT2D eigenvalue weighted by Crippen LogP contribution is -2.23. The Balaban J connectivity index is 1.61. The molecule has 0 spiro atoms. The molecule has 0 radical (unpaired) electrons. The molecule has 0 saturated heterocycles. The Morgan fingerprint density at radius 1 is 1.24 bits per heavy atom. The number of aromatic nitrogens is 2.